The fraction of sp³-hybridized carbons (Fsp3) is 0.286. The molecule has 1 fully saturated rings. The Bertz CT molecular complexity index is 1170. The Hall–Kier alpha value is -3.51. The molecule has 6 nitrogen and oxygen atoms in total. The summed E-state index contributed by atoms with van der Waals surface area (Å²) in [5, 5.41) is 6.55. The molecule has 35 heavy (non-hydrogen) atoms. The highest BCUT2D eigenvalue weighted by atomic mass is 35.5. The van der Waals surface area contributed by atoms with Crippen LogP contribution in [-0.4, -0.2) is 36.5 Å². The van der Waals surface area contributed by atoms with Gasteiger partial charge in [0.1, 0.15) is 5.75 Å². The zero-order valence-corrected chi connectivity index (χ0v) is 20.6. The number of benzene rings is 3. The third-order valence-corrected chi connectivity index (χ3v) is 6.51. The first kappa shape index (κ1) is 24.6. The Labute approximate surface area is 211 Å². The maximum Gasteiger partial charge on any atom is 0.321 e. The number of piperidine rings is 1. The van der Waals surface area contributed by atoms with Gasteiger partial charge in [-0.1, -0.05) is 41.9 Å². The van der Waals surface area contributed by atoms with E-state index in [2.05, 4.69) is 10.6 Å². The van der Waals surface area contributed by atoms with Crippen LogP contribution in [0.2, 0.25) is 5.02 Å². The van der Waals surface area contributed by atoms with Crippen molar-refractivity contribution in [3.8, 4) is 5.75 Å². The monoisotopic (exact) mass is 491 g/mol. The molecular formula is C28H30ClN3O3. The van der Waals surface area contributed by atoms with Crippen molar-refractivity contribution in [1.29, 1.82) is 0 Å². The van der Waals surface area contributed by atoms with Gasteiger partial charge in [0.2, 0.25) is 0 Å². The molecule has 1 heterocycles. The van der Waals surface area contributed by atoms with Gasteiger partial charge < -0.3 is 20.3 Å². The van der Waals surface area contributed by atoms with Gasteiger partial charge in [-0.3, -0.25) is 4.79 Å². The molecule has 4 rings (SSSR count). The van der Waals surface area contributed by atoms with Crippen LogP contribution in [0, 0.1) is 0 Å². The van der Waals surface area contributed by atoms with Crippen LogP contribution in [0.3, 0.4) is 0 Å². The summed E-state index contributed by atoms with van der Waals surface area (Å²) in [6.45, 7) is 4.22. The molecule has 0 radical (unpaired) electrons. The van der Waals surface area contributed by atoms with Crippen LogP contribution in [0.1, 0.15) is 47.2 Å². The maximum absolute atomic E-state index is 12.9. The standard InChI is InChI=1S/C28H30ClN3O3/c1-2-35-25-14-12-24(13-15-25)31-28(34)32-16-6-10-23(19-32)20-8-5-9-21(17-20)27(33)30-18-22-7-3-4-11-26(22)29/h3-5,7-9,11-15,17,23H,2,6,10,16,18-19H2,1H3,(H,30,33)(H,31,34). The number of likely N-dealkylation sites (tertiary alicyclic amines) is 1. The van der Waals surface area contributed by atoms with E-state index in [1.54, 1.807) is 0 Å². The molecule has 2 N–H and O–H groups in total. The second-order valence-corrected chi connectivity index (χ2v) is 8.98. The van der Waals surface area contributed by atoms with Gasteiger partial charge in [-0.2, -0.15) is 0 Å². The van der Waals surface area contributed by atoms with Crippen LogP contribution < -0.4 is 15.4 Å². The first-order chi connectivity index (χ1) is 17.0. The molecule has 3 amide bonds. The number of nitrogens with one attached hydrogen (secondary N) is 2. The predicted octanol–water partition coefficient (Wildman–Crippen LogP) is 6.08. The van der Waals surface area contributed by atoms with Crippen molar-refractivity contribution in [2.24, 2.45) is 0 Å². The lowest BCUT2D eigenvalue weighted by molar-refractivity contribution is 0.0950. The number of hydrogen-bond donors (Lipinski definition) is 2. The van der Waals surface area contributed by atoms with Crippen LogP contribution >= 0.6 is 11.6 Å². The molecular weight excluding hydrogens is 462 g/mol. The van der Waals surface area contributed by atoms with Crippen LogP contribution in [0.5, 0.6) is 5.75 Å². The molecule has 182 valence electrons. The summed E-state index contributed by atoms with van der Waals surface area (Å²) < 4.78 is 5.46. The van der Waals surface area contributed by atoms with Crippen LogP contribution in [0.4, 0.5) is 10.5 Å². The minimum atomic E-state index is -0.146. The minimum Gasteiger partial charge on any atom is -0.494 e. The summed E-state index contributed by atoms with van der Waals surface area (Å²) in [7, 11) is 0. The van der Waals surface area contributed by atoms with E-state index < -0.39 is 0 Å². The number of halogens is 1. The van der Waals surface area contributed by atoms with Gasteiger partial charge in [-0.05, 0) is 73.4 Å². The molecule has 1 saturated heterocycles. The Morgan fingerprint density at radius 3 is 2.63 bits per heavy atom. The zero-order chi connectivity index (χ0) is 24.6. The van der Waals surface area contributed by atoms with E-state index in [-0.39, 0.29) is 17.9 Å². The Balaban J connectivity index is 1.36. The van der Waals surface area contributed by atoms with Crippen molar-refractivity contribution in [2.75, 3.05) is 25.0 Å². The van der Waals surface area contributed by atoms with E-state index in [4.69, 9.17) is 16.3 Å². The Kier molecular flexibility index (Phi) is 8.27. The number of rotatable bonds is 7. The van der Waals surface area contributed by atoms with Gasteiger partial charge >= 0.3 is 6.03 Å². The molecule has 3 aromatic rings. The summed E-state index contributed by atoms with van der Waals surface area (Å²) in [6, 6.07) is 22.4. The van der Waals surface area contributed by atoms with Gasteiger partial charge in [0.25, 0.3) is 5.91 Å². The molecule has 1 unspecified atom stereocenters. The van der Waals surface area contributed by atoms with Crippen molar-refractivity contribution in [3.63, 3.8) is 0 Å². The molecule has 0 aromatic heterocycles. The molecule has 1 atom stereocenters. The van der Waals surface area contributed by atoms with E-state index in [0.717, 1.165) is 35.4 Å². The van der Waals surface area contributed by atoms with Crippen LogP contribution in [0.15, 0.2) is 72.8 Å². The largest absolute Gasteiger partial charge is 0.494 e. The lowest BCUT2D eigenvalue weighted by Gasteiger charge is -2.33. The van der Waals surface area contributed by atoms with Crippen molar-refractivity contribution in [1.82, 2.24) is 10.2 Å². The Morgan fingerprint density at radius 2 is 1.86 bits per heavy atom. The van der Waals surface area contributed by atoms with E-state index in [0.29, 0.717) is 36.8 Å². The SMILES string of the molecule is CCOc1ccc(NC(=O)N2CCCC(c3cccc(C(=O)NCc4ccccc4Cl)c3)C2)cc1. The third-order valence-electron chi connectivity index (χ3n) is 6.14. The second-order valence-electron chi connectivity index (χ2n) is 8.57. The van der Waals surface area contributed by atoms with E-state index >= 15 is 0 Å². The highest BCUT2D eigenvalue weighted by molar-refractivity contribution is 6.31. The average Bonchev–Trinajstić information content (AvgIpc) is 2.89. The molecule has 0 bridgehead atoms. The lowest BCUT2D eigenvalue weighted by atomic mass is 9.89. The summed E-state index contributed by atoms with van der Waals surface area (Å²) in [6.07, 6.45) is 1.88. The van der Waals surface area contributed by atoms with Gasteiger partial charge in [-0.15, -0.1) is 0 Å². The highest BCUT2D eigenvalue weighted by Gasteiger charge is 2.25. The van der Waals surface area contributed by atoms with Gasteiger partial charge in [0.15, 0.2) is 0 Å². The van der Waals surface area contributed by atoms with Crippen molar-refractivity contribution in [3.05, 3.63) is 94.5 Å². The number of carbonyl (C=O) groups is 2. The number of urea groups is 1. The number of nitrogens with zero attached hydrogens (tertiary/aromatic N) is 1. The molecule has 0 saturated carbocycles. The fourth-order valence-corrected chi connectivity index (χ4v) is 4.49. The maximum atomic E-state index is 12.9. The summed E-state index contributed by atoms with van der Waals surface area (Å²) in [4.78, 5) is 27.5. The number of amides is 3. The van der Waals surface area contributed by atoms with Crippen LogP contribution in [0.25, 0.3) is 0 Å². The van der Waals surface area contributed by atoms with Crippen molar-refractivity contribution >= 4 is 29.2 Å². The topological polar surface area (TPSA) is 70.7 Å². The second kappa shape index (κ2) is 11.8. The minimum absolute atomic E-state index is 0.118. The number of anilines is 1. The van der Waals surface area contributed by atoms with E-state index in [1.807, 2.05) is 84.6 Å². The quantitative estimate of drug-likeness (QED) is 0.420. The van der Waals surface area contributed by atoms with Gasteiger partial charge in [0, 0.05) is 41.8 Å². The molecule has 1 aliphatic rings. The molecule has 0 spiro atoms. The molecule has 3 aromatic carbocycles. The van der Waals surface area contributed by atoms with Gasteiger partial charge in [-0.25, -0.2) is 4.79 Å². The molecule has 0 aliphatic carbocycles. The number of ether oxygens (including phenoxy) is 1. The van der Waals surface area contributed by atoms with Gasteiger partial charge in [0.05, 0.1) is 6.61 Å². The van der Waals surface area contributed by atoms with Crippen molar-refractivity contribution < 1.29 is 14.3 Å². The fourth-order valence-electron chi connectivity index (χ4n) is 4.29. The third kappa shape index (κ3) is 6.55. The first-order valence-electron chi connectivity index (χ1n) is 11.9. The smallest absolute Gasteiger partial charge is 0.321 e. The van der Waals surface area contributed by atoms with E-state index in [1.165, 1.54) is 0 Å². The lowest BCUT2D eigenvalue weighted by Crippen LogP contribution is -2.41. The predicted molar refractivity (Wildman–Crippen MR) is 139 cm³/mol. The van der Waals surface area contributed by atoms with Crippen LogP contribution in [-0.2, 0) is 6.54 Å². The zero-order valence-electron chi connectivity index (χ0n) is 19.8. The number of carbonyl (C=O) groups excluding carboxylic acids is 2. The highest BCUT2D eigenvalue weighted by Crippen LogP contribution is 2.28. The molecule has 7 heteroatoms. The molecule has 1 aliphatic heterocycles. The summed E-state index contributed by atoms with van der Waals surface area (Å²) in [5.74, 6) is 0.804. The number of hydrogen-bond acceptors (Lipinski definition) is 3. The normalized spacial score (nSPS) is 15.4. The summed E-state index contributed by atoms with van der Waals surface area (Å²) in [5.41, 5.74) is 3.28. The first-order valence-corrected chi connectivity index (χ1v) is 12.3. The van der Waals surface area contributed by atoms with Crippen molar-refractivity contribution in [2.45, 2.75) is 32.2 Å². The average molecular weight is 492 g/mol. The summed E-state index contributed by atoms with van der Waals surface area (Å²) >= 11 is 6.20. The van der Waals surface area contributed by atoms with E-state index in [9.17, 15) is 9.59 Å². The Morgan fingerprint density at radius 1 is 1.06 bits per heavy atom.